The first-order valence-electron chi connectivity index (χ1n) is 7.17. The van der Waals surface area contributed by atoms with Crippen LogP contribution in [0.4, 0.5) is 0 Å². The molecule has 5 nitrogen and oxygen atoms in total. The van der Waals surface area contributed by atoms with E-state index in [-0.39, 0.29) is 10.2 Å². The zero-order chi connectivity index (χ0) is 17.3. The number of aryl methyl sites for hydroxylation is 1. The van der Waals surface area contributed by atoms with Gasteiger partial charge in [0.05, 0.1) is 4.91 Å². The number of carbonyl (C=O) groups is 2. The summed E-state index contributed by atoms with van der Waals surface area (Å²) in [6.07, 6.45) is 3.68. The van der Waals surface area contributed by atoms with Crippen LogP contribution in [0.2, 0.25) is 0 Å². The van der Waals surface area contributed by atoms with Crippen molar-refractivity contribution in [3.05, 3.63) is 58.8 Å². The number of thioether (sulfide) groups is 1. The van der Waals surface area contributed by atoms with Crippen molar-refractivity contribution in [2.45, 2.75) is 6.92 Å². The normalized spacial score (nSPS) is 16.2. The van der Waals surface area contributed by atoms with Crippen LogP contribution in [-0.4, -0.2) is 37.3 Å². The van der Waals surface area contributed by atoms with Crippen LogP contribution in [0.25, 0.3) is 11.8 Å². The lowest BCUT2D eigenvalue weighted by atomic mass is 10.3. The minimum Gasteiger partial charge on any atom is -0.480 e. The summed E-state index contributed by atoms with van der Waals surface area (Å²) in [5.74, 6) is -1.45. The molecule has 7 heteroatoms. The fraction of sp³-hybridized carbons (Fsp3) is 0.118. The molecule has 0 saturated carbocycles. The van der Waals surface area contributed by atoms with Crippen LogP contribution < -0.4 is 0 Å². The fourth-order valence-electron chi connectivity index (χ4n) is 2.47. The van der Waals surface area contributed by atoms with E-state index in [1.165, 1.54) is 0 Å². The minimum absolute atomic E-state index is 0.271. The van der Waals surface area contributed by atoms with Gasteiger partial charge in [-0.3, -0.25) is 14.5 Å². The molecule has 24 heavy (non-hydrogen) atoms. The average Bonchev–Trinajstić information content (AvgIpc) is 3.03. The first-order chi connectivity index (χ1) is 11.5. The van der Waals surface area contributed by atoms with Crippen LogP contribution in [0.5, 0.6) is 0 Å². The van der Waals surface area contributed by atoms with E-state index in [1.807, 2.05) is 54.1 Å². The van der Waals surface area contributed by atoms with E-state index in [4.69, 9.17) is 17.3 Å². The first-order valence-corrected chi connectivity index (χ1v) is 8.40. The molecular formula is C17H14N2O3S2. The molecule has 0 bridgehead atoms. The van der Waals surface area contributed by atoms with Crippen LogP contribution in [0.3, 0.4) is 0 Å². The summed E-state index contributed by atoms with van der Waals surface area (Å²) < 4.78 is 2.30. The molecule has 122 valence electrons. The quantitative estimate of drug-likeness (QED) is 0.672. The van der Waals surface area contributed by atoms with Crippen molar-refractivity contribution in [1.29, 1.82) is 0 Å². The highest BCUT2D eigenvalue weighted by Crippen LogP contribution is 2.32. The number of amides is 1. The zero-order valence-electron chi connectivity index (χ0n) is 12.8. The molecule has 0 radical (unpaired) electrons. The van der Waals surface area contributed by atoms with Gasteiger partial charge >= 0.3 is 5.97 Å². The van der Waals surface area contributed by atoms with Gasteiger partial charge in [-0.05, 0) is 36.8 Å². The second-order valence-corrected chi connectivity index (χ2v) is 6.96. The number of aliphatic carboxylic acids is 1. The van der Waals surface area contributed by atoms with Crippen LogP contribution in [-0.2, 0) is 9.59 Å². The van der Waals surface area contributed by atoms with Gasteiger partial charge in [-0.1, -0.05) is 42.2 Å². The maximum absolute atomic E-state index is 12.3. The van der Waals surface area contributed by atoms with Crippen molar-refractivity contribution in [1.82, 2.24) is 9.47 Å². The summed E-state index contributed by atoms with van der Waals surface area (Å²) in [5, 5.41) is 8.87. The number of hydrogen-bond donors (Lipinski definition) is 1. The Kier molecular flexibility index (Phi) is 4.55. The number of rotatable bonds is 4. The number of hydrogen-bond acceptors (Lipinski definition) is 4. The molecule has 0 spiro atoms. The fourth-order valence-corrected chi connectivity index (χ4v) is 3.72. The SMILES string of the molecule is Cc1cc(/C=C2\SC(=S)N(CC(=O)O)C2=O)cn1-c1ccccc1. The highest BCUT2D eigenvalue weighted by Gasteiger charge is 2.33. The molecule has 2 heterocycles. The summed E-state index contributed by atoms with van der Waals surface area (Å²) in [5.41, 5.74) is 2.94. The minimum atomic E-state index is -1.08. The van der Waals surface area contributed by atoms with Crippen molar-refractivity contribution >= 4 is 46.3 Å². The number of carboxylic acid groups (broad SMARTS) is 1. The van der Waals surface area contributed by atoms with Crippen molar-refractivity contribution in [3.63, 3.8) is 0 Å². The summed E-state index contributed by atoms with van der Waals surface area (Å²) in [6, 6.07) is 11.9. The standard InChI is InChI=1S/C17H14N2O3S2/c1-11-7-12(9-18(11)13-5-3-2-4-6-13)8-14-16(22)19(10-15(20)21)17(23)24-14/h2-9H,10H2,1H3,(H,20,21)/b14-8-. The number of thiocarbonyl (C=S) groups is 1. The summed E-state index contributed by atoms with van der Waals surface area (Å²) in [7, 11) is 0. The number of benzene rings is 1. The Morgan fingerprint density at radius 1 is 1.33 bits per heavy atom. The average molecular weight is 358 g/mol. The van der Waals surface area contributed by atoms with E-state index in [1.54, 1.807) is 6.08 Å². The van der Waals surface area contributed by atoms with Crippen molar-refractivity contribution in [2.75, 3.05) is 6.54 Å². The highest BCUT2D eigenvalue weighted by atomic mass is 32.2. The Morgan fingerprint density at radius 2 is 2.04 bits per heavy atom. The molecule has 1 saturated heterocycles. The monoisotopic (exact) mass is 358 g/mol. The van der Waals surface area contributed by atoms with Crippen LogP contribution in [0, 0.1) is 6.92 Å². The van der Waals surface area contributed by atoms with Gasteiger partial charge in [0.25, 0.3) is 5.91 Å². The molecule has 1 aromatic carbocycles. The molecule has 2 aromatic rings. The summed E-state index contributed by atoms with van der Waals surface area (Å²) in [6.45, 7) is 1.58. The van der Waals surface area contributed by atoms with Crippen LogP contribution in [0.15, 0.2) is 47.5 Å². The highest BCUT2D eigenvalue weighted by molar-refractivity contribution is 8.26. The molecule has 3 rings (SSSR count). The van der Waals surface area contributed by atoms with E-state index in [0.29, 0.717) is 4.91 Å². The second-order valence-electron chi connectivity index (χ2n) is 5.28. The third-order valence-electron chi connectivity index (χ3n) is 3.53. The topological polar surface area (TPSA) is 62.5 Å². The predicted molar refractivity (Wildman–Crippen MR) is 98.0 cm³/mol. The van der Waals surface area contributed by atoms with Gasteiger partial charge in [0, 0.05) is 17.6 Å². The number of nitrogens with zero attached hydrogens (tertiary/aromatic N) is 2. The van der Waals surface area contributed by atoms with E-state index in [2.05, 4.69) is 0 Å². The van der Waals surface area contributed by atoms with Gasteiger partial charge in [0.1, 0.15) is 10.9 Å². The second kappa shape index (κ2) is 6.62. The predicted octanol–water partition coefficient (Wildman–Crippen LogP) is 3.07. The van der Waals surface area contributed by atoms with Crippen molar-refractivity contribution in [2.24, 2.45) is 0 Å². The Hall–Kier alpha value is -2.38. The lowest BCUT2D eigenvalue weighted by molar-refractivity contribution is -0.140. The molecule has 1 aliphatic heterocycles. The first kappa shape index (κ1) is 16.5. The molecule has 0 unspecified atom stereocenters. The number of carbonyl (C=O) groups excluding carboxylic acids is 1. The third-order valence-corrected chi connectivity index (χ3v) is 4.91. The summed E-state index contributed by atoms with van der Waals surface area (Å²) in [4.78, 5) is 24.7. The largest absolute Gasteiger partial charge is 0.480 e. The molecular weight excluding hydrogens is 344 g/mol. The van der Waals surface area contributed by atoms with E-state index in [0.717, 1.165) is 33.6 Å². The Balaban J connectivity index is 1.89. The molecule has 1 amide bonds. The maximum Gasteiger partial charge on any atom is 0.323 e. The van der Waals surface area contributed by atoms with E-state index in [9.17, 15) is 9.59 Å². The molecule has 1 fully saturated rings. The van der Waals surface area contributed by atoms with Crippen molar-refractivity contribution < 1.29 is 14.7 Å². The van der Waals surface area contributed by atoms with Gasteiger partial charge in [0.15, 0.2) is 0 Å². The van der Waals surface area contributed by atoms with Gasteiger partial charge in [-0.15, -0.1) is 0 Å². The van der Waals surface area contributed by atoms with E-state index < -0.39 is 12.5 Å². The Labute approximate surface area is 148 Å². The van der Waals surface area contributed by atoms with Gasteiger partial charge in [-0.2, -0.15) is 0 Å². The van der Waals surface area contributed by atoms with Gasteiger partial charge in [0.2, 0.25) is 0 Å². The number of para-hydroxylation sites is 1. The smallest absolute Gasteiger partial charge is 0.323 e. The van der Waals surface area contributed by atoms with Gasteiger partial charge in [-0.25, -0.2) is 0 Å². The van der Waals surface area contributed by atoms with Crippen molar-refractivity contribution in [3.8, 4) is 5.69 Å². The van der Waals surface area contributed by atoms with Gasteiger partial charge < -0.3 is 9.67 Å². The summed E-state index contributed by atoms with van der Waals surface area (Å²) >= 11 is 6.22. The lowest BCUT2D eigenvalue weighted by Crippen LogP contribution is -2.33. The third kappa shape index (κ3) is 3.27. The molecule has 0 atom stereocenters. The Bertz CT molecular complexity index is 856. The zero-order valence-corrected chi connectivity index (χ0v) is 14.4. The number of aromatic nitrogens is 1. The molecule has 0 aliphatic carbocycles. The lowest BCUT2D eigenvalue weighted by Gasteiger charge is -2.10. The van der Waals surface area contributed by atoms with Crippen LogP contribution in [0.1, 0.15) is 11.3 Å². The van der Waals surface area contributed by atoms with E-state index >= 15 is 0 Å². The molecule has 1 aromatic heterocycles. The van der Waals surface area contributed by atoms with Crippen LogP contribution >= 0.6 is 24.0 Å². The maximum atomic E-state index is 12.3. The Morgan fingerprint density at radius 3 is 2.71 bits per heavy atom. The number of carboxylic acids is 1. The molecule has 1 N–H and O–H groups in total. The molecule has 1 aliphatic rings.